The van der Waals surface area contributed by atoms with E-state index in [-0.39, 0.29) is 43.0 Å². The maximum absolute atomic E-state index is 12.5. The second kappa shape index (κ2) is 8.03. The summed E-state index contributed by atoms with van der Waals surface area (Å²) in [6.45, 7) is 9.50. The Morgan fingerprint density at radius 3 is 2.42 bits per heavy atom. The summed E-state index contributed by atoms with van der Waals surface area (Å²) in [6, 6.07) is 0. The molecule has 6 rings (SSSR count). The number of hydrogen-bond acceptors (Lipinski definition) is 9. The third-order valence-electron chi connectivity index (χ3n) is 11.9. The largest absolute Gasteiger partial charge is 0.456 e. The second-order valence-corrected chi connectivity index (χ2v) is 14.0. The third-order valence-corrected chi connectivity index (χ3v) is 11.9. The molecule has 3 aliphatic carbocycles. The minimum Gasteiger partial charge on any atom is -0.456 e. The summed E-state index contributed by atoms with van der Waals surface area (Å²) in [5.74, 6) is -2.20. The lowest BCUT2D eigenvalue weighted by atomic mass is 9.50. The molecule has 6 aliphatic rings. The lowest BCUT2D eigenvalue weighted by Gasteiger charge is -2.59. The number of aliphatic hydroxyl groups is 4. The minimum atomic E-state index is -1.60. The Labute approximate surface area is 223 Å². The lowest BCUT2D eigenvalue weighted by Crippen LogP contribution is -2.67. The zero-order chi connectivity index (χ0) is 27.6. The Bertz CT molecular complexity index is 1090. The molecule has 3 aliphatic heterocycles. The highest BCUT2D eigenvalue weighted by atomic mass is 16.6. The van der Waals surface area contributed by atoms with E-state index in [0.29, 0.717) is 31.3 Å². The van der Waals surface area contributed by atoms with Crippen molar-refractivity contribution in [3.63, 3.8) is 0 Å². The van der Waals surface area contributed by atoms with Gasteiger partial charge in [-0.25, -0.2) is 4.79 Å². The topological polar surface area (TPSA) is 143 Å². The van der Waals surface area contributed by atoms with Crippen LogP contribution in [-0.2, 0) is 23.8 Å². The Hall–Kier alpha value is -1.52. The molecule has 0 unspecified atom stereocenters. The number of ether oxygens (including phenoxy) is 3. The molecule has 0 amide bonds. The average molecular weight is 535 g/mol. The maximum atomic E-state index is 12.5. The molecule has 2 saturated heterocycles. The van der Waals surface area contributed by atoms with Crippen LogP contribution in [0, 0.1) is 29.1 Å². The van der Waals surface area contributed by atoms with Gasteiger partial charge in [0.1, 0.15) is 23.4 Å². The monoisotopic (exact) mass is 534 g/mol. The van der Waals surface area contributed by atoms with Crippen LogP contribution < -0.4 is 0 Å². The van der Waals surface area contributed by atoms with E-state index in [1.807, 2.05) is 27.7 Å². The number of carbonyl (C=O) groups is 2. The molecule has 0 radical (unpaired) electrons. The van der Waals surface area contributed by atoms with Gasteiger partial charge in [0.05, 0.1) is 29.8 Å². The van der Waals surface area contributed by atoms with Crippen molar-refractivity contribution in [3.8, 4) is 0 Å². The Morgan fingerprint density at radius 1 is 1.08 bits per heavy atom. The van der Waals surface area contributed by atoms with Crippen molar-refractivity contribution in [2.75, 3.05) is 0 Å². The first kappa shape index (κ1) is 26.7. The van der Waals surface area contributed by atoms with E-state index < -0.39 is 64.1 Å². The van der Waals surface area contributed by atoms with Crippen LogP contribution in [0.2, 0.25) is 0 Å². The number of rotatable bonds is 3. The van der Waals surface area contributed by atoms with Gasteiger partial charge in [0, 0.05) is 29.2 Å². The zero-order valence-corrected chi connectivity index (χ0v) is 23.0. The van der Waals surface area contributed by atoms with E-state index in [9.17, 15) is 30.0 Å². The van der Waals surface area contributed by atoms with Gasteiger partial charge in [-0.3, -0.25) is 4.79 Å². The fourth-order valence-electron chi connectivity index (χ4n) is 9.99. The molecule has 5 fully saturated rings. The van der Waals surface area contributed by atoms with Gasteiger partial charge >= 0.3 is 11.9 Å². The summed E-state index contributed by atoms with van der Waals surface area (Å²) in [5.41, 5.74) is -4.79. The normalized spacial score (nSPS) is 52.6. The molecule has 3 heterocycles. The molecule has 0 aromatic rings. The summed E-state index contributed by atoms with van der Waals surface area (Å²) in [6.07, 6.45) is 0.770. The van der Waals surface area contributed by atoms with Crippen LogP contribution in [0.25, 0.3) is 0 Å². The van der Waals surface area contributed by atoms with Crippen LogP contribution in [0.5, 0.6) is 0 Å². The van der Waals surface area contributed by atoms with E-state index >= 15 is 0 Å². The molecule has 212 valence electrons. The molecule has 38 heavy (non-hydrogen) atoms. The average Bonchev–Trinajstić information content (AvgIpc) is 3.40. The van der Waals surface area contributed by atoms with Gasteiger partial charge in [0.2, 0.25) is 0 Å². The highest BCUT2D eigenvalue weighted by Gasteiger charge is 2.76. The fraction of sp³-hybridized carbons (Fsp3) is 0.862. The number of carbonyl (C=O) groups excluding carboxylic acids is 2. The van der Waals surface area contributed by atoms with Crippen LogP contribution in [0.15, 0.2) is 11.6 Å². The van der Waals surface area contributed by atoms with Crippen LogP contribution in [0.1, 0.15) is 79.6 Å². The second-order valence-electron chi connectivity index (χ2n) is 14.0. The Morgan fingerprint density at radius 2 is 1.76 bits per heavy atom. The first-order valence-electron chi connectivity index (χ1n) is 14.2. The minimum absolute atomic E-state index is 0.141. The Kier molecular flexibility index (Phi) is 5.64. The van der Waals surface area contributed by atoms with Gasteiger partial charge < -0.3 is 34.6 Å². The number of cyclic esters (lactones) is 1. The van der Waals surface area contributed by atoms with Crippen molar-refractivity contribution in [2.24, 2.45) is 29.1 Å². The summed E-state index contributed by atoms with van der Waals surface area (Å²) in [4.78, 5) is 24.4. The number of fused-ring (bicyclic) bond motifs is 3. The summed E-state index contributed by atoms with van der Waals surface area (Å²) in [5, 5.41) is 47.6. The lowest BCUT2D eigenvalue weighted by molar-refractivity contribution is -0.254. The molecule has 0 aromatic carbocycles. The predicted octanol–water partition coefficient (Wildman–Crippen LogP) is 1.78. The van der Waals surface area contributed by atoms with Gasteiger partial charge in [-0.15, -0.1) is 0 Å². The molecule has 0 aromatic heterocycles. The van der Waals surface area contributed by atoms with Crippen LogP contribution in [0.3, 0.4) is 0 Å². The summed E-state index contributed by atoms with van der Waals surface area (Å²) < 4.78 is 17.7. The van der Waals surface area contributed by atoms with Crippen LogP contribution in [0.4, 0.5) is 0 Å². The van der Waals surface area contributed by atoms with Crippen LogP contribution >= 0.6 is 0 Å². The molecule has 12 atom stereocenters. The molecule has 1 spiro atoms. The Balaban J connectivity index is 1.34. The molecule has 0 bridgehead atoms. The van der Waals surface area contributed by atoms with Gasteiger partial charge in [0.15, 0.2) is 0 Å². The number of aliphatic hydroxyl groups excluding tert-OH is 2. The van der Waals surface area contributed by atoms with Crippen molar-refractivity contribution < 1.29 is 44.2 Å². The van der Waals surface area contributed by atoms with Gasteiger partial charge in [-0.2, -0.15) is 0 Å². The zero-order valence-electron chi connectivity index (χ0n) is 23.0. The molecule has 9 heteroatoms. The standard InChI is InChI=1S/C29H42O9/c1-14-10-17(36-24(14)33)23(32)15(2)16-11-20(30)29(35)19-7-6-18-25(3,4)37-21-12-22(31)38-28(18,21)13-27(19,34)9-8-26(16,29)5/h10,15-21,23,30,32,34-35H,6-9,11-13H2,1-5H3/t15-,16-,17+,18+,19-,20+,21-,23-,26-,27+,28-,29+/m1/s1. The first-order valence-corrected chi connectivity index (χ1v) is 14.2. The molecule has 3 saturated carbocycles. The molecular formula is C29H42O9. The third kappa shape index (κ3) is 3.22. The highest BCUT2D eigenvalue weighted by Crippen LogP contribution is 2.69. The van der Waals surface area contributed by atoms with Crippen molar-refractivity contribution >= 4 is 11.9 Å². The van der Waals surface area contributed by atoms with E-state index in [4.69, 9.17) is 14.2 Å². The first-order chi connectivity index (χ1) is 17.6. The number of hydrogen-bond donors (Lipinski definition) is 4. The SMILES string of the molecule is CC1=C[C@@H]([C@H](O)[C@H](C)[C@H]2C[C@H](O)[C@@]3(O)[C@@H]4CC[C@H]5C(C)(C)O[C@@H]6CC(=O)O[C@@]65C[C@@]4(O)CC[C@]23C)OC1=O. The highest BCUT2D eigenvalue weighted by molar-refractivity contribution is 5.90. The smallest absolute Gasteiger partial charge is 0.334 e. The van der Waals surface area contributed by atoms with Crippen molar-refractivity contribution in [1.82, 2.24) is 0 Å². The molecule has 4 N–H and O–H groups in total. The van der Waals surface area contributed by atoms with E-state index in [1.165, 1.54) is 0 Å². The van der Waals surface area contributed by atoms with E-state index in [2.05, 4.69) is 0 Å². The van der Waals surface area contributed by atoms with E-state index in [1.54, 1.807) is 13.0 Å². The molecule has 9 nitrogen and oxygen atoms in total. The summed E-state index contributed by atoms with van der Waals surface area (Å²) >= 11 is 0. The molecular weight excluding hydrogens is 492 g/mol. The van der Waals surface area contributed by atoms with Gasteiger partial charge in [-0.05, 0) is 70.8 Å². The predicted molar refractivity (Wildman–Crippen MR) is 133 cm³/mol. The van der Waals surface area contributed by atoms with Crippen molar-refractivity contribution in [3.05, 3.63) is 11.6 Å². The fourth-order valence-corrected chi connectivity index (χ4v) is 9.99. The van der Waals surface area contributed by atoms with Crippen LogP contribution in [-0.4, -0.2) is 79.2 Å². The van der Waals surface area contributed by atoms with E-state index in [0.717, 1.165) is 0 Å². The summed E-state index contributed by atoms with van der Waals surface area (Å²) in [7, 11) is 0. The van der Waals surface area contributed by atoms with Gasteiger partial charge in [-0.1, -0.05) is 13.8 Å². The van der Waals surface area contributed by atoms with Gasteiger partial charge in [0.25, 0.3) is 0 Å². The van der Waals surface area contributed by atoms with Crippen molar-refractivity contribution in [2.45, 2.75) is 126 Å². The quantitative estimate of drug-likeness (QED) is 0.399. The maximum Gasteiger partial charge on any atom is 0.334 e. The van der Waals surface area contributed by atoms with Crippen molar-refractivity contribution in [1.29, 1.82) is 0 Å². The number of esters is 2.